The van der Waals surface area contributed by atoms with Gasteiger partial charge in [0, 0.05) is 35.3 Å². The summed E-state index contributed by atoms with van der Waals surface area (Å²) in [6, 6.07) is 12.9. The molecule has 0 aliphatic carbocycles. The van der Waals surface area contributed by atoms with Crippen molar-refractivity contribution in [1.82, 2.24) is 0 Å². The molecule has 146 valence electrons. The van der Waals surface area contributed by atoms with E-state index in [4.69, 9.17) is 16.3 Å². The summed E-state index contributed by atoms with van der Waals surface area (Å²) < 4.78 is 4.88. The molecule has 2 rings (SSSR count). The van der Waals surface area contributed by atoms with Crippen molar-refractivity contribution in [2.24, 2.45) is 0 Å². The van der Waals surface area contributed by atoms with Crippen LogP contribution in [0.1, 0.15) is 30.1 Å². The van der Waals surface area contributed by atoms with Crippen molar-refractivity contribution >= 4 is 46.5 Å². The number of esters is 1. The molecule has 2 amide bonds. The first kappa shape index (κ1) is 21.1. The molecule has 2 N–H and O–H groups in total. The lowest BCUT2D eigenvalue weighted by Crippen LogP contribution is -2.21. The highest BCUT2D eigenvalue weighted by Gasteiger charge is 2.12. The van der Waals surface area contributed by atoms with Crippen LogP contribution in [0.25, 0.3) is 0 Å². The number of ether oxygens (including phenoxy) is 1. The molecule has 2 aromatic rings. The highest BCUT2D eigenvalue weighted by atomic mass is 35.5. The maximum Gasteiger partial charge on any atom is 0.306 e. The summed E-state index contributed by atoms with van der Waals surface area (Å²) in [6.45, 7) is 0.903. The largest absolute Gasteiger partial charge is 0.456 e. The minimum absolute atomic E-state index is 0.0269. The van der Waals surface area contributed by atoms with E-state index < -0.39 is 18.5 Å². The van der Waals surface area contributed by atoms with E-state index in [-0.39, 0.29) is 24.5 Å². The molecule has 7 nitrogen and oxygen atoms in total. The van der Waals surface area contributed by atoms with E-state index in [0.717, 1.165) is 0 Å². The zero-order valence-corrected chi connectivity index (χ0v) is 15.9. The van der Waals surface area contributed by atoms with Crippen LogP contribution in [0, 0.1) is 0 Å². The monoisotopic (exact) mass is 402 g/mol. The summed E-state index contributed by atoms with van der Waals surface area (Å²) >= 11 is 5.76. The van der Waals surface area contributed by atoms with E-state index in [1.165, 1.54) is 6.92 Å². The first-order valence-electron chi connectivity index (χ1n) is 8.45. The Labute approximate surface area is 167 Å². The molecular weight excluding hydrogens is 384 g/mol. The summed E-state index contributed by atoms with van der Waals surface area (Å²) in [5.41, 5.74) is 1.43. The first-order valence-corrected chi connectivity index (χ1v) is 8.83. The van der Waals surface area contributed by atoms with Crippen LogP contribution in [-0.2, 0) is 19.1 Å². The van der Waals surface area contributed by atoms with E-state index in [9.17, 15) is 19.2 Å². The number of amides is 2. The van der Waals surface area contributed by atoms with Crippen molar-refractivity contribution in [3.8, 4) is 0 Å². The van der Waals surface area contributed by atoms with Crippen molar-refractivity contribution in [2.45, 2.75) is 19.8 Å². The Morgan fingerprint density at radius 3 is 2.21 bits per heavy atom. The highest BCUT2D eigenvalue weighted by Crippen LogP contribution is 2.15. The molecule has 0 aromatic heterocycles. The summed E-state index contributed by atoms with van der Waals surface area (Å²) in [7, 11) is 0. The van der Waals surface area contributed by atoms with E-state index in [1.807, 2.05) is 0 Å². The zero-order chi connectivity index (χ0) is 20.5. The van der Waals surface area contributed by atoms with Gasteiger partial charge in [-0.3, -0.25) is 19.2 Å². The summed E-state index contributed by atoms with van der Waals surface area (Å²) in [5, 5.41) is 5.68. The minimum atomic E-state index is -0.649. The molecule has 0 bridgehead atoms. The average Bonchev–Trinajstić information content (AvgIpc) is 2.64. The van der Waals surface area contributed by atoms with Gasteiger partial charge in [-0.25, -0.2) is 0 Å². The molecule has 0 radical (unpaired) electrons. The van der Waals surface area contributed by atoms with Gasteiger partial charge in [-0.1, -0.05) is 17.7 Å². The highest BCUT2D eigenvalue weighted by molar-refractivity contribution is 6.30. The van der Waals surface area contributed by atoms with Crippen LogP contribution in [0.3, 0.4) is 0 Å². The Kier molecular flexibility index (Phi) is 7.71. The molecule has 0 aliphatic rings. The number of carbonyl (C=O) groups excluding carboxylic acids is 4. The van der Waals surface area contributed by atoms with Gasteiger partial charge in [0.25, 0.3) is 5.91 Å². The van der Waals surface area contributed by atoms with Gasteiger partial charge in [-0.15, -0.1) is 0 Å². The molecule has 0 aliphatic heterocycles. The van der Waals surface area contributed by atoms with Gasteiger partial charge in [0.1, 0.15) is 0 Å². The lowest BCUT2D eigenvalue weighted by atomic mass is 10.1. The Hall–Kier alpha value is -3.19. The van der Waals surface area contributed by atoms with Gasteiger partial charge in [0.05, 0.1) is 6.42 Å². The molecule has 0 unspecified atom stereocenters. The van der Waals surface area contributed by atoms with Gasteiger partial charge >= 0.3 is 5.97 Å². The second kappa shape index (κ2) is 10.2. The molecule has 0 fully saturated rings. The predicted molar refractivity (Wildman–Crippen MR) is 105 cm³/mol. The molecule has 0 heterocycles. The number of hydrogen-bond acceptors (Lipinski definition) is 5. The van der Waals surface area contributed by atoms with Crippen molar-refractivity contribution in [3.05, 3.63) is 59.1 Å². The molecule has 8 heteroatoms. The standard InChI is InChI=1S/C20H19ClN2O5/c1-13(24)22-16-3-2-4-17(11-16)23-19(26)12-28-20(27)10-9-18(25)14-5-7-15(21)8-6-14/h2-8,11H,9-10,12H2,1H3,(H,22,24)(H,23,26). The Morgan fingerprint density at radius 2 is 1.57 bits per heavy atom. The van der Waals surface area contributed by atoms with Crippen molar-refractivity contribution in [1.29, 1.82) is 0 Å². The molecular formula is C20H19ClN2O5. The van der Waals surface area contributed by atoms with E-state index in [0.29, 0.717) is 22.0 Å². The van der Waals surface area contributed by atoms with Crippen LogP contribution in [0.4, 0.5) is 11.4 Å². The molecule has 2 aromatic carbocycles. The normalized spacial score (nSPS) is 10.1. The molecule has 0 spiro atoms. The Morgan fingerprint density at radius 1 is 0.929 bits per heavy atom. The van der Waals surface area contributed by atoms with E-state index in [2.05, 4.69) is 10.6 Å². The van der Waals surface area contributed by atoms with E-state index in [1.54, 1.807) is 48.5 Å². The van der Waals surface area contributed by atoms with Crippen molar-refractivity contribution < 1.29 is 23.9 Å². The SMILES string of the molecule is CC(=O)Nc1cccc(NC(=O)COC(=O)CCC(=O)c2ccc(Cl)cc2)c1. The van der Waals surface area contributed by atoms with Gasteiger partial charge in [0.15, 0.2) is 12.4 Å². The van der Waals surface area contributed by atoms with Crippen LogP contribution >= 0.6 is 11.6 Å². The number of benzene rings is 2. The lowest BCUT2D eigenvalue weighted by molar-refractivity contribution is -0.147. The molecule has 0 saturated heterocycles. The fourth-order valence-corrected chi connectivity index (χ4v) is 2.41. The Balaban J connectivity index is 1.74. The smallest absolute Gasteiger partial charge is 0.306 e. The number of nitrogens with one attached hydrogen (secondary N) is 2. The minimum Gasteiger partial charge on any atom is -0.456 e. The van der Waals surface area contributed by atoms with Crippen LogP contribution in [0.2, 0.25) is 5.02 Å². The fraction of sp³-hybridized carbons (Fsp3) is 0.200. The number of Topliss-reactive ketones (excluding diaryl/α,β-unsaturated/α-hetero) is 1. The number of carbonyl (C=O) groups is 4. The predicted octanol–water partition coefficient (Wildman–Crippen LogP) is 3.44. The van der Waals surface area contributed by atoms with Gasteiger partial charge in [-0.2, -0.15) is 0 Å². The lowest BCUT2D eigenvalue weighted by Gasteiger charge is -2.08. The number of anilines is 2. The average molecular weight is 403 g/mol. The van der Waals surface area contributed by atoms with Crippen LogP contribution in [0.15, 0.2) is 48.5 Å². The second-order valence-corrected chi connectivity index (χ2v) is 6.34. The molecule has 0 atom stereocenters. The van der Waals surface area contributed by atoms with Gasteiger partial charge < -0.3 is 15.4 Å². The number of rotatable bonds is 8. The topological polar surface area (TPSA) is 102 Å². The van der Waals surface area contributed by atoms with Crippen LogP contribution in [0.5, 0.6) is 0 Å². The molecule has 28 heavy (non-hydrogen) atoms. The zero-order valence-electron chi connectivity index (χ0n) is 15.2. The van der Waals surface area contributed by atoms with Crippen molar-refractivity contribution in [2.75, 3.05) is 17.2 Å². The third-order valence-electron chi connectivity index (χ3n) is 3.55. The van der Waals surface area contributed by atoms with Gasteiger partial charge in [0.2, 0.25) is 5.91 Å². The van der Waals surface area contributed by atoms with Crippen LogP contribution < -0.4 is 10.6 Å². The van der Waals surface area contributed by atoms with Crippen LogP contribution in [-0.4, -0.2) is 30.2 Å². The summed E-state index contributed by atoms with van der Waals surface area (Å²) in [5.74, 6) is -1.62. The maximum atomic E-state index is 12.0. The number of halogens is 1. The maximum absolute atomic E-state index is 12.0. The third kappa shape index (κ3) is 7.20. The first-order chi connectivity index (χ1) is 13.3. The Bertz CT molecular complexity index is 880. The van der Waals surface area contributed by atoms with Gasteiger partial charge in [-0.05, 0) is 42.5 Å². The summed E-state index contributed by atoms with van der Waals surface area (Å²) in [4.78, 5) is 46.7. The third-order valence-corrected chi connectivity index (χ3v) is 3.81. The summed E-state index contributed by atoms with van der Waals surface area (Å²) in [6.07, 6.45) is -0.159. The van der Waals surface area contributed by atoms with E-state index >= 15 is 0 Å². The quantitative estimate of drug-likeness (QED) is 0.520. The number of hydrogen-bond donors (Lipinski definition) is 2. The van der Waals surface area contributed by atoms with Crippen molar-refractivity contribution in [3.63, 3.8) is 0 Å². The fourth-order valence-electron chi connectivity index (χ4n) is 2.29. The number of ketones is 1. The molecule has 0 saturated carbocycles. The second-order valence-electron chi connectivity index (χ2n) is 5.90.